The van der Waals surface area contributed by atoms with Crippen LogP contribution in [0.15, 0.2) is 22.6 Å². The number of nitrogens with zero attached hydrogens (tertiary/aromatic N) is 2. The lowest BCUT2D eigenvalue weighted by atomic mass is 10.00. The minimum atomic E-state index is 0.00118. The quantitative estimate of drug-likeness (QED) is 0.899. The third-order valence-corrected chi connectivity index (χ3v) is 3.45. The van der Waals surface area contributed by atoms with Crippen LogP contribution in [0.3, 0.4) is 0 Å². The molecule has 110 valence electrons. The fourth-order valence-electron chi connectivity index (χ4n) is 2.29. The van der Waals surface area contributed by atoms with Crippen LogP contribution >= 0.6 is 0 Å². The van der Waals surface area contributed by atoms with Crippen molar-refractivity contribution in [1.82, 2.24) is 15.5 Å². The summed E-state index contributed by atoms with van der Waals surface area (Å²) in [4.78, 5) is 11.7. The Morgan fingerprint density at radius 2 is 2.24 bits per heavy atom. The van der Waals surface area contributed by atoms with Crippen molar-refractivity contribution in [2.75, 3.05) is 11.9 Å². The summed E-state index contributed by atoms with van der Waals surface area (Å²) in [6, 6.07) is 5.75. The summed E-state index contributed by atoms with van der Waals surface area (Å²) in [6.07, 6.45) is 0.856. The highest BCUT2D eigenvalue weighted by Gasteiger charge is 2.16. The predicted molar refractivity (Wildman–Crippen MR) is 78.2 cm³/mol. The van der Waals surface area contributed by atoms with Crippen LogP contribution in [0.25, 0.3) is 0 Å². The molecule has 2 heterocycles. The monoisotopic (exact) mass is 286 g/mol. The Morgan fingerprint density at radius 3 is 3.00 bits per heavy atom. The Hall–Kier alpha value is -2.37. The number of amides is 1. The van der Waals surface area contributed by atoms with Gasteiger partial charge in [0, 0.05) is 23.7 Å². The second-order valence-electron chi connectivity index (χ2n) is 5.42. The number of carbonyl (C=O) groups is 1. The Kier molecular flexibility index (Phi) is 3.60. The molecule has 0 unspecified atom stereocenters. The van der Waals surface area contributed by atoms with E-state index in [0.717, 1.165) is 23.2 Å². The van der Waals surface area contributed by atoms with Crippen LogP contribution in [-0.4, -0.2) is 22.6 Å². The summed E-state index contributed by atoms with van der Waals surface area (Å²) in [6.45, 7) is 5.19. The van der Waals surface area contributed by atoms with Gasteiger partial charge in [-0.25, -0.2) is 0 Å². The number of hydrogen-bond acceptors (Lipinski definition) is 5. The minimum absolute atomic E-state index is 0.00118. The molecule has 0 fully saturated rings. The van der Waals surface area contributed by atoms with E-state index in [1.54, 1.807) is 0 Å². The van der Waals surface area contributed by atoms with E-state index in [0.29, 0.717) is 24.9 Å². The molecule has 2 aromatic rings. The summed E-state index contributed by atoms with van der Waals surface area (Å²) in [7, 11) is 0. The van der Waals surface area contributed by atoms with Crippen molar-refractivity contribution in [3.63, 3.8) is 0 Å². The number of hydrogen-bond donors (Lipinski definition) is 2. The zero-order valence-electron chi connectivity index (χ0n) is 12.1. The van der Waals surface area contributed by atoms with Crippen molar-refractivity contribution in [3.8, 4) is 0 Å². The fourth-order valence-corrected chi connectivity index (χ4v) is 2.29. The molecule has 6 nitrogen and oxygen atoms in total. The van der Waals surface area contributed by atoms with Crippen LogP contribution in [0.5, 0.6) is 0 Å². The van der Waals surface area contributed by atoms with Gasteiger partial charge in [0.05, 0.1) is 6.54 Å². The maximum absolute atomic E-state index is 11.7. The highest BCUT2D eigenvalue weighted by Crippen LogP contribution is 2.20. The number of rotatable bonds is 4. The molecule has 1 aliphatic heterocycles. The molecule has 0 saturated carbocycles. The van der Waals surface area contributed by atoms with E-state index in [1.807, 2.05) is 32.0 Å². The molecular formula is C15H18N4O2. The standard InChI is InChI=1S/C15H18N4O2/c1-9(2)15-19-18-13(21-15)8-17-11-3-4-12-10(7-11)5-6-16-14(12)20/h3-4,7,9,17H,5-6,8H2,1-2H3,(H,16,20). The van der Waals surface area contributed by atoms with Crippen molar-refractivity contribution in [2.45, 2.75) is 32.7 Å². The number of nitrogens with one attached hydrogen (secondary N) is 2. The summed E-state index contributed by atoms with van der Waals surface area (Å²) in [5.74, 6) is 1.44. The van der Waals surface area contributed by atoms with Gasteiger partial charge in [-0.15, -0.1) is 10.2 Å². The lowest BCUT2D eigenvalue weighted by molar-refractivity contribution is 0.0946. The summed E-state index contributed by atoms with van der Waals surface area (Å²) >= 11 is 0. The van der Waals surface area contributed by atoms with E-state index in [2.05, 4.69) is 20.8 Å². The van der Waals surface area contributed by atoms with E-state index in [4.69, 9.17) is 4.42 Å². The maximum Gasteiger partial charge on any atom is 0.251 e. The fraction of sp³-hybridized carbons (Fsp3) is 0.400. The van der Waals surface area contributed by atoms with E-state index in [1.165, 1.54) is 0 Å². The van der Waals surface area contributed by atoms with Gasteiger partial charge in [-0.3, -0.25) is 4.79 Å². The van der Waals surface area contributed by atoms with E-state index >= 15 is 0 Å². The lowest BCUT2D eigenvalue weighted by Gasteiger charge is -2.17. The molecule has 0 radical (unpaired) electrons. The second kappa shape index (κ2) is 5.55. The molecule has 0 saturated heterocycles. The average Bonchev–Trinajstić information content (AvgIpc) is 2.94. The van der Waals surface area contributed by atoms with E-state index < -0.39 is 0 Å². The Morgan fingerprint density at radius 1 is 1.38 bits per heavy atom. The van der Waals surface area contributed by atoms with Gasteiger partial charge in [-0.05, 0) is 30.2 Å². The summed E-state index contributed by atoms with van der Waals surface area (Å²) < 4.78 is 5.55. The molecule has 0 atom stereocenters. The first-order valence-corrected chi connectivity index (χ1v) is 7.11. The first kappa shape index (κ1) is 13.6. The lowest BCUT2D eigenvalue weighted by Crippen LogP contribution is -2.31. The molecule has 1 amide bonds. The van der Waals surface area contributed by atoms with Crippen molar-refractivity contribution in [2.24, 2.45) is 0 Å². The molecule has 0 spiro atoms. The van der Waals surface area contributed by atoms with Crippen LogP contribution in [0.2, 0.25) is 0 Å². The Labute approximate surface area is 123 Å². The van der Waals surface area contributed by atoms with Crippen LogP contribution in [0.1, 0.15) is 47.5 Å². The van der Waals surface area contributed by atoms with Crippen LogP contribution in [-0.2, 0) is 13.0 Å². The number of fused-ring (bicyclic) bond motifs is 1. The second-order valence-corrected chi connectivity index (χ2v) is 5.42. The highest BCUT2D eigenvalue weighted by atomic mass is 16.4. The SMILES string of the molecule is CC(C)c1nnc(CNc2ccc3c(c2)CCNC3=O)o1. The summed E-state index contributed by atoms with van der Waals surface area (Å²) in [5.41, 5.74) is 2.77. The molecule has 2 N–H and O–H groups in total. The molecule has 6 heteroatoms. The molecule has 1 aromatic carbocycles. The van der Waals surface area contributed by atoms with Crippen molar-refractivity contribution in [1.29, 1.82) is 0 Å². The number of carbonyl (C=O) groups excluding carboxylic acids is 1. The largest absolute Gasteiger partial charge is 0.423 e. The first-order chi connectivity index (χ1) is 10.1. The Balaban J connectivity index is 1.69. The number of aromatic nitrogens is 2. The van der Waals surface area contributed by atoms with Gasteiger partial charge in [0.25, 0.3) is 5.91 Å². The predicted octanol–water partition coefficient (Wildman–Crippen LogP) is 2.09. The molecule has 21 heavy (non-hydrogen) atoms. The number of anilines is 1. The van der Waals surface area contributed by atoms with Crippen molar-refractivity contribution < 1.29 is 9.21 Å². The topological polar surface area (TPSA) is 80.0 Å². The van der Waals surface area contributed by atoms with E-state index in [9.17, 15) is 4.79 Å². The Bertz CT molecular complexity index is 663. The minimum Gasteiger partial charge on any atom is -0.423 e. The first-order valence-electron chi connectivity index (χ1n) is 7.11. The van der Waals surface area contributed by atoms with Gasteiger partial charge >= 0.3 is 0 Å². The molecule has 1 aliphatic rings. The van der Waals surface area contributed by atoms with Crippen LogP contribution in [0.4, 0.5) is 5.69 Å². The van der Waals surface area contributed by atoms with Gasteiger partial charge in [0.15, 0.2) is 0 Å². The molecular weight excluding hydrogens is 268 g/mol. The van der Waals surface area contributed by atoms with Crippen molar-refractivity contribution >= 4 is 11.6 Å². The third kappa shape index (κ3) is 2.89. The van der Waals surface area contributed by atoms with Gasteiger partial charge < -0.3 is 15.1 Å². The zero-order valence-corrected chi connectivity index (χ0v) is 12.1. The maximum atomic E-state index is 11.7. The number of benzene rings is 1. The van der Waals surface area contributed by atoms with Gasteiger partial charge in [0.1, 0.15) is 0 Å². The molecule has 0 aliphatic carbocycles. The summed E-state index contributed by atoms with van der Waals surface area (Å²) in [5, 5.41) is 14.1. The van der Waals surface area contributed by atoms with Crippen molar-refractivity contribution in [3.05, 3.63) is 41.1 Å². The molecule has 0 bridgehead atoms. The molecule has 3 rings (SSSR count). The van der Waals surface area contributed by atoms with Crippen LogP contribution < -0.4 is 10.6 Å². The normalized spacial score (nSPS) is 14.0. The van der Waals surface area contributed by atoms with Crippen LogP contribution in [0, 0.1) is 0 Å². The third-order valence-electron chi connectivity index (χ3n) is 3.45. The average molecular weight is 286 g/mol. The smallest absolute Gasteiger partial charge is 0.251 e. The van der Waals surface area contributed by atoms with Gasteiger partial charge in [0.2, 0.25) is 11.8 Å². The zero-order chi connectivity index (χ0) is 14.8. The molecule has 1 aromatic heterocycles. The highest BCUT2D eigenvalue weighted by molar-refractivity contribution is 5.97. The van der Waals surface area contributed by atoms with E-state index in [-0.39, 0.29) is 11.8 Å². The van der Waals surface area contributed by atoms with Gasteiger partial charge in [-0.2, -0.15) is 0 Å². The van der Waals surface area contributed by atoms with Gasteiger partial charge in [-0.1, -0.05) is 13.8 Å².